The summed E-state index contributed by atoms with van der Waals surface area (Å²) in [6.45, 7) is 4.28. The smallest absolute Gasteiger partial charge is 0.326 e. The van der Waals surface area contributed by atoms with Crippen LogP contribution >= 0.6 is 0 Å². The first-order chi connectivity index (χ1) is 12.0. The predicted molar refractivity (Wildman–Crippen MR) is 92.5 cm³/mol. The first-order valence-corrected chi connectivity index (χ1v) is 8.51. The summed E-state index contributed by atoms with van der Waals surface area (Å²) in [6.07, 6.45) is 4.78. The molecule has 0 fully saturated rings. The van der Waals surface area contributed by atoms with Crippen LogP contribution in [0.1, 0.15) is 25.8 Å². The first-order valence-electron chi connectivity index (χ1n) is 8.51. The van der Waals surface area contributed by atoms with Crippen LogP contribution in [0.2, 0.25) is 0 Å². The van der Waals surface area contributed by atoms with Gasteiger partial charge in [-0.2, -0.15) is 0 Å². The minimum Gasteiger partial charge on any atom is -0.497 e. The highest BCUT2D eigenvalue weighted by Gasteiger charge is 2.55. The van der Waals surface area contributed by atoms with Gasteiger partial charge in [0, 0.05) is 11.5 Å². The van der Waals surface area contributed by atoms with E-state index in [0.29, 0.717) is 18.0 Å². The lowest BCUT2D eigenvalue weighted by Crippen LogP contribution is -2.47. The summed E-state index contributed by atoms with van der Waals surface area (Å²) < 4.78 is 16.5. The number of methoxy groups -OCH3 is 1. The van der Waals surface area contributed by atoms with Gasteiger partial charge in [-0.25, -0.2) is 0 Å². The van der Waals surface area contributed by atoms with E-state index in [4.69, 9.17) is 14.2 Å². The molecule has 2 aliphatic heterocycles. The first kappa shape index (κ1) is 17.5. The molecule has 1 aromatic rings. The Kier molecular flexibility index (Phi) is 4.81. The third-order valence-electron chi connectivity index (χ3n) is 4.73. The van der Waals surface area contributed by atoms with Gasteiger partial charge in [0.2, 0.25) is 0 Å². The Labute approximate surface area is 147 Å². The van der Waals surface area contributed by atoms with Crippen molar-refractivity contribution in [2.24, 2.45) is 5.92 Å². The van der Waals surface area contributed by atoms with Gasteiger partial charge in [0.05, 0.1) is 26.0 Å². The summed E-state index contributed by atoms with van der Waals surface area (Å²) in [5.74, 6) is -0.192. The highest BCUT2D eigenvalue weighted by atomic mass is 16.5. The Bertz CT molecular complexity index is 714. The van der Waals surface area contributed by atoms with Crippen LogP contribution in [0.25, 0.3) is 0 Å². The number of anilines is 1. The van der Waals surface area contributed by atoms with Crippen LogP contribution in [-0.2, 0) is 24.7 Å². The molecule has 1 spiro atoms. The molecule has 0 saturated carbocycles. The van der Waals surface area contributed by atoms with Crippen molar-refractivity contribution in [1.82, 2.24) is 0 Å². The Hall–Kier alpha value is -2.34. The van der Waals surface area contributed by atoms with Gasteiger partial charge in [0.1, 0.15) is 12.3 Å². The van der Waals surface area contributed by atoms with Gasteiger partial charge in [0.15, 0.2) is 5.60 Å². The summed E-state index contributed by atoms with van der Waals surface area (Å²) in [4.78, 5) is 26.8. The lowest BCUT2D eigenvalue weighted by atomic mass is 9.83. The van der Waals surface area contributed by atoms with Crippen molar-refractivity contribution in [3.8, 4) is 5.75 Å². The lowest BCUT2D eigenvalue weighted by Gasteiger charge is -2.32. The highest BCUT2D eigenvalue weighted by molar-refractivity contribution is 6.09. The maximum absolute atomic E-state index is 13.4. The molecule has 2 atom stereocenters. The molecule has 0 radical (unpaired) electrons. The number of benzene rings is 1. The fourth-order valence-electron chi connectivity index (χ4n) is 3.53. The molecule has 0 aliphatic carbocycles. The van der Waals surface area contributed by atoms with Crippen LogP contribution in [-0.4, -0.2) is 38.7 Å². The minimum atomic E-state index is -1.14. The summed E-state index contributed by atoms with van der Waals surface area (Å²) in [5, 5.41) is 0. The van der Waals surface area contributed by atoms with Gasteiger partial charge in [-0.05, 0) is 31.5 Å². The third kappa shape index (κ3) is 2.80. The topological polar surface area (TPSA) is 65.1 Å². The molecule has 0 unspecified atom stereocenters. The standard InChI is InChI=1S/C19H23NO5/c1-4-24-17(21)12-20-16-9-8-14(23-3)11-15(16)19(18(20)22)13(2)7-5-6-10-25-19/h5,7-9,11,13H,4,6,10,12H2,1-3H3/t13-,19+/m0/s1. The normalized spacial score (nSPS) is 25.0. The monoisotopic (exact) mass is 345 g/mol. The number of fused-ring (bicyclic) bond motifs is 2. The van der Waals surface area contributed by atoms with Crippen LogP contribution in [0.4, 0.5) is 5.69 Å². The van der Waals surface area contributed by atoms with Crippen molar-refractivity contribution in [2.45, 2.75) is 25.9 Å². The van der Waals surface area contributed by atoms with E-state index in [1.54, 1.807) is 26.2 Å². The van der Waals surface area contributed by atoms with Crippen LogP contribution in [0.15, 0.2) is 30.4 Å². The molecular weight excluding hydrogens is 322 g/mol. The Morgan fingerprint density at radius 1 is 1.44 bits per heavy atom. The molecule has 2 heterocycles. The average Bonchev–Trinajstić information content (AvgIpc) is 2.73. The SMILES string of the molecule is CCOC(=O)CN1C(=O)[C@]2(OCCC=C[C@@H]2C)c2cc(OC)ccc21. The van der Waals surface area contributed by atoms with Crippen LogP contribution in [0.5, 0.6) is 5.75 Å². The second-order valence-corrected chi connectivity index (χ2v) is 6.17. The van der Waals surface area contributed by atoms with Gasteiger partial charge in [-0.3, -0.25) is 14.5 Å². The van der Waals surface area contributed by atoms with Crippen LogP contribution in [0.3, 0.4) is 0 Å². The molecule has 25 heavy (non-hydrogen) atoms. The number of amides is 1. The van der Waals surface area contributed by atoms with Crippen molar-refractivity contribution in [3.63, 3.8) is 0 Å². The molecule has 0 saturated heterocycles. The number of ether oxygens (including phenoxy) is 3. The van der Waals surface area contributed by atoms with Crippen LogP contribution < -0.4 is 9.64 Å². The maximum Gasteiger partial charge on any atom is 0.326 e. The molecule has 0 aromatic heterocycles. The number of nitrogens with zero attached hydrogens (tertiary/aromatic N) is 1. The summed E-state index contributed by atoms with van der Waals surface area (Å²) >= 11 is 0. The number of carbonyl (C=O) groups excluding carboxylic acids is 2. The maximum atomic E-state index is 13.4. The second-order valence-electron chi connectivity index (χ2n) is 6.17. The number of rotatable bonds is 4. The Morgan fingerprint density at radius 3 is 2.96 bits per heavy atom. The fourth-order valence-corrected chi connectivity index (χ4v) is 3.53. The summed E-state index contributed by atoms with van der Waals surface area (Å²) in [5.41, 5.74) is 0.268. The number of esters is 1. The van der Waals surface area contributed by atoms with Crippen molar-refractivity contribution in [3.05, 3.63) is 35.9 Å². The predicted octanol–water partition coefficient (Wildman–Crippen LogP) is 2.41. The van der Waals surface area contributed by atoms with Crippen molar-refractivity contribution in [2.75, 3.05) is 31.8 Å². The van der Waals surface area contributed by atoms with E-state index >= 15 is 0 Å². The van der Waals surface area contributed by atoms with E-state index in [1.807, 2.05) is 25.1 Å². The molecular formula is C19H23NO5. The lowest BCUT2D eigenvalue weighted by molar-refractivity contribution is -0.151. The highest BCUT2D eigenvalue weighted by Crippen LogP contribution is 2.49. The van der Waals surface area contributed by atoms with Crippen molar-refractivity contribution < 1.29 is 23.8 Å². The summed E-state index contributed by atoms with van der Waals surface area (Å²) in [7, 11) is 1.58. The number of hydrogen-bond donors (Lipinski definition) is 0. The Balaban J connectivity index is 2.10. The van der Waals surface area contributed by atoms with E-state index in [2.05, 4.69) is 0 Å². The zero-order valence-electron chi connectivity index (χ0n) is 14.8. The third-order valence-corrected chi connectivity index (χ3v) is 4.73. The molecule has 6 heteroatoms. The molecule has 0 N–H and O–H groups in total. The van der Waals surface area contributed by atoms with Gasteiger partial charge in [-0.1, -0.05) is 19.1 Å². The zero-order chi connectivity index (χ0) is 18.0. The Morgan fingerprint density at radius 2 is 2.24 bits per heavy atom. The van der Waals surface area contributed by atoms with Crippen molar-refractivity contribution >= 4 is 17.6 Å². The van der Waals surface area contributed by atoms with E-state index in [0.717, 1.165) is 12.0 Å². The zero-order valence-corrected chi connectivity index (χ0v) is 14.8. The van der Waals surface area contributed by atoms with E-state index in [-0.39, 0.29) is 25.0 Å². The molecule has 1 amide bonds. The fraction of sp³-hybridized carbons (Fsp3) is 0.474. The average molecular weight is 345 g/mol. The van der Waals surface area contributed by atoms with E-state index in [1.165, 1.54) is 4.90 Å². The number of hydrogen-bond acceptors (Lipinski definition) is 5. The van der Waals surface area contributed by atoms with Gasteiger partial charge in [-0.15, -0.1) is 0 Å². The molecule has 6 nitrogen and oxygen atoms in total. The van der Waals surface area contributed by atoms with E-state index < -0.39 is 11.6 Å². The van der Waals surface area contributed by atoms with Crippen molar-refractivity contribution in [1.29, 1.82) is 0 Å². The van der Waals surface area contributed by atoms with Crippen LogP contribution in [0, 0.1) is 5.92 Å². The van der Waals surface area contributed by atoms with Gasteiger partial charge in [0.25, 0.3) is 5.91 Å². The summed E-state index contributed by atoms with van der Waals surface area (Å²) in [6, 6.07) is 5.40. The van der Waals surface area contributed by atoms with Gasteiger partial charge < -0.3 is 14.2 Å². The quantitative estimate of drug-likeness (QED) is 0.619. The molecule has 3 rings (SSSR count). The second kappa shape index (κ2) is 6.88. The largest absolute Gasteiger partial charge is 0.497 e. The minimum absolute atomic E-state index is 0.131. The molecule has 1 aromatic carbocycles. The molecule has 2 aliphatic rings. The number of carbonyl (C=O) groups is 2. The van der Waals surface area contributed by atoms with Gasteiger partial charge >= 0.3 is 5.97 Å². The molecule has 134 valence electrons. The van der Waals surface area contributed by atoms with E-state index in [9.17, 15) is 9.59 Å². The molecule has 0 bridgehead atoms.